The summed E-state index contributed by atoms with van der Waals surface area (Å²) in [6.07, 6.45) is 4.87. The highest BCUT2D eigenvalue weighted by Gasteiger charge is 2.11. The molecule has 1 atom stereocenters. The maximum atomic E-state index is 5.94. The molecule has 4 heteroatoms. The third kappa shape index (κ3) is 3.62. The summed E-state index contributed by atoms with van der Waals surface area (Å²) in [5.41, 5.74) is 2.49. The second-order valence-electron chi connectivity index (χ2n) is 5.28. The van der Waals surface area contributed by atoms with Gasteiger partial charge in [0, 0.05) is 29.8 Å². The molecule has 1 N–H and O–H groups in total. The van der Waals surface area contributed by atoms with Crippen molar-refractivity contribution in [3.63, 3.8) is 0 Å². The number of halogens is 1. The van der Waals surface area contributed by atoms with E-state index in [1.54, 1.807) is 0 Å². The monoisotopic (exact) mass is 291 g/mol. The van der Waals surface area contributed by atoms with E-state index in [9.17, 15) is 0 Å². The van der Waals surface area contributed by atoms with Crippen LogP contribution in [0.1, 0.15) is 50.5 Å². The first-order valence-corrected chi connectivity index (χ1v) is 7.49. The van der Waals surface area contributed by atoms with Gasteiger partial charge < -0.3 is 9.88 Å². The van der Waals surface area contributed by atoms with Gasteiger partial charge in [-0.3, -0.25) is 0 Å². The van der Waals surface area contributed by atoms with Crippen LogP contribution in [-0.2, 0) is 6.54 Å². The zero-order valence-electron chi connectivity index (χ0n) is 12.3. The summed E-state index contributed by atoms with van der Waals surface area (Å²) in [4.78, 5) is 4.24. The van der Waals surface area contributed by atoms with Crippen molar-refractivity contribution in [1.29, 1.82) is 0 Å². The van der Waals surface area contributed by atoms with Crippen LogP contribution >= 0.6 is 11.6 Å². The van der Waals surface area contributed by atoms with Crippen molar-refractivity contribution in [3.8, 4) is 0 Å². The molecule has 3 nitrogen and oxygen atoms in total. The van der Waals surface area contributed by atoms with Crippen LogP contribution in [0.2, 0.25) is 5.02 Å². The zero-order valence-corrected chi connectivity index (χ0v) is 13.1. The van der Waals surface area contributed by atoms with Gasteiger partial charge in [-0.2, -0.15) is 0 Å². The van der Waals surface area contributed by atoms with Crippen LogP contribution in [0, 0.1) is 0 Å². The Bertz CT molecular complexity index is 531. The minimum absolute atomic E-state index is 0.336. The minimum Gasteiger partial charge on any atom is -0.331 e. The van der Waals surface area contributed by atoms with Crippen molar-refractivity contribution in [3.05, 3.63) is 53.1 Å². The molecule has 108 valence electrons. The molecule has 0 saturated carbocycles. The first kappa shape index (κ1) is 15.1. The zero-order chi connectivity index (χ0) is 14.5. The molecule has 2 aromatic rings. The van der Waals surface area contributed by atoms with E-state index in [1.165, 1.54) is 11.3 Å². The Morgan fingerprint density at radius 1 is 1.25 bits per heavy atom. The topological polar surface area (TPSA) is 29.9 Å². The first-order valence-electron chi connectivity index (χ1n) is 7.11. The van der Waals surface area contributed by atoms with E-state index in [4.69, 9.17) is 11.6 Å². The maximum absolute atomic E-state index is 5.94. The molecule has 0 amide bonds. The lowest BCUT2D eigenvalue weighted by atomic mass is 10.0. The Kier molecular flexibility index (Phi) is 5.21. The van der Waals surface area contributed by atoms with E-state index in [1.807, 2.05) is 24.7 Å². The number of nitrogens with one attached hydrogen (secondary N) is 1. The van der Waals surface area contributed by atoms with Gasteiger partial charge in [-0.25, -0.2) is 4.98 Å². The molecule has 0 spiro atoms. The van der Waals surface area contributed by atoms with Crippen LogP contribution in [0.25, 0.3) is 0 Å². The maximum Gasteiger partial charge on any atom is 0.0951 e. The number of hydrogen-bond acceptors (Lipinski definition) is 2. The average Bonchev–Trinajstić information content (AvgIpc) is 2.90. The second kappa shape index (κ2) is 6.91. The summed E-state index contributed by atoms with van der Waals surface area (Å²) < 4.78 is 2.20. The van der Waals surface area contributed by atoms with Gasteiger partial charge in [0.1, 0.15) is 0 Å². The van der Waals surface area contributed by atoms with E-state index in [-0.39, 0.29) is 0 Å². The fourth-order valence-corrected chi connectivity index (χ4v) is 2.48. The molecule has 0 fully saturated rings. The molecule has 1 aromatic carbocycles. The third-order valence-corrected chi connectivity index (χ3v) is 3.76. The van der Waals surface area contributed by atoms with Crippen LogP contribution in [0.5, 0.6) is 0 Å². The van der Waals surface area contributed by atoms with Gasteiger partial charge in [0.05, 0.1) is 12.0 Å². The van der Waals surface area contributed by atoms with Crippen LogP contribution in [0.3, 0.4) is 0 Å². The van der Waals surface area contributed by atoms with Gasteiger partial charge in [-0.05, 0) is 38.0 Å². The quantitative estimate of drug-likeness (QED) is 0.857. The summed E-state index contributed by atoms with van der Waals surface area (Å²) in [6.45, 7) is 7.34. The van der Waals surface area contributed by atoms with Crippen molar-refractivity contribution in [1.82, 2.24) is 14.9 Å². The van der Waals surface area contributed by atoms with E-state index in [2.05, 4.69) is 47.8 Å². The van der Waals surface area contributed by atoms with Crippen LogP contribution < -0.4 is 5.32 Å². The van der Waals surface area contributed by atoms with Crippen LogP contribution in [0.4, 0.5) is 0 Å². The van der Waals surface area contributed by atoms with Gasteiger partial charge in [-0.1, -0.05) is 30.7 Å². The second-order valence-corrected chi connectivity index (χ2v) is 5.72. The van der Waals surface area contributed by atoms with E-state index in [0.29, 0.717) is 12.1 Å². The number of benzene rings is 1. The predicted molar refractivity (Wildman–Crippen MR) is 83.9 cm³/mol. The number of imidazole rings is 1. The van der Waals surface area contributed by atoms with E-state index < -0.39 is 0 Å². The number of rotatable bonds is 6. The summed E-state index contributed by atoms with van der Waals surface area (Å²) in [7, 11) is 0. The van der Waals surface area contributed by atoms with Crippen LogP contribution in [0.15, 0.2) is 36.8 Å². The Balaban J connectivity index is 2.04. The Morgan fingerprint density at radius 3 is 2.55 bits per heavy atom. The standard InChI is InChI=1S/C16H22ClN3/c1-4-16(13-5-7-14(17)8-6-13)19-10-15-9-18-11-20(15)12(2)3/h5-9,11-12,16,19H,4,10H2,1-3H3. The molecule has 2 rings (SSSR count). The molecule has 1 unspecified atom stereocenters. The Hall–Kier alpha value is -1.32. The summed E-state index contributed by atoms with van der Waals surface area (Å²) in [5, 5.41) is 4.38. The Morgan fingerprint density at radius 2 is 1.95 bits per heavy atom. The fourth-order valence-electron chi connectivity index (χ4n) is 2.35. The summed E-state index contributed by atoms with van der Waals surface area (Å²) in [6, 6.07) is 8.83. The molecular formula is C16H22ClN3. The third-order valence-electron chi connectivity index (χ3n) is 3.51. The van der Waals surface area contributed by atoms with Crippen LogP contribution in [-0.4, -0.2) is 9.55 Å². The molecule has 0 radical (unpaired) electrons. The predicted octanol–water partition coefficient (Wildman–Crippen LogP) is 4.36. The molecule has 1 heterocycles. The molecule has 0 aliphatic carbocycles. The molecule has 0 aliphatic heterocycles. The average molecular weight is 292 g/mol. The van der Waals surface area contributed by atoms with Crippen molar-refractivity contribution < 1.29 is 0 Å². The smallest absolute Gasteiger partial charge is 0.0951 e. The first-order chi connectivity index (χ1) is 9.61. The van der Waals surface area contributed by atoms with E-state index in [0.717, 1.165) is 18.0 Å². The normalized spacial score (nSPS) is 12.8. The van der Waals surface area contributed by atoms with Crippen molar-refractivity contribution in [2.24, 2.45) is 0 Å². The molecule has 0 bridgehead atoms. The summed E-state index contributed by atoms with van der Waals surface area (Å²) in [5.74, 6) is 0. The molecule has 0 saturated heterocycles. The Labute approximate surface area is 126 Å². The SMILES string of the molecule is CCC(NCc1cncn1C(C)C)c1ccc(Cl)cc1. The highest BCUT2D eigenvalue weighted by molar-refractivity contribution is 6.30. The highest BCUT2D eigenvalue weighted by atomic mass is 35.5. The number of hydrogen-bond donors (Lipinski definition) is 1. The van der Waals surface area contributed by atoms with Gasteiger partial charge in [0.2, 0.25) is 0 Å². The van der Waals surface area contributed by atoms with Crippen molar-refractivity contribution in [2.75, 3.05) is 0 Å². The van der Waals surface area contributed by atoms with Gasteiger partial charge >= 0.3 is 0 Å². The van der Waals surface area contributed by atoms with Gasteiger partial charge in [-0.15, -0.1) is 0 Å². The van der Waals surface area contributed by atoms with Gasteiger partial charge in [0.25, 0.3) is 0 Å². The molecule has 20 heavy (non-hydrogen) atoms. The van der Waals surface area contributed by atoms with Gasteiger partial charge in [0.15, 0.2) is 0 Å². The minimum atomic E-state index is 0.336. The van der Waals surface area contributed by atoms with Crippen molar-refractivity contribution in [2.45, 2.75) is 45.8 Å². The lowest BCUT2D eigenvalue weighted by Gasteiger charge is -2.19. The number of nitrogens with zero attached hydrogens (tertiary/aromatic N) is 2. The van der Waals surface area contributed by atoms with E-state index >= 15 is 0 Å². The molecule has 0 aliphatic rings. The summed E-state index contributed by atoms with van der Waals surface area (Å²) >= 11 is 5.94. The fraction of sp³-hybridized carbons (Fsp3) is 0.438. The van der Waals surface area contributed by atoms with Crippen molar-refractivity contribution >= 4 is 11.6 Å². The lowest BCUT2D eigenvalue weighted by molar-refractivity contribution is 0.488. The number of aromatic nitrogens is 2. The molecule has 1 aromatic heterocycles. The highest BCUT2D eigenvalue weighted by Crippen LogP contribution is 2.20. The lowest BCUT2D eigenvalue weighted by Crippen LogP contribution is -2.22. The molecular weight excluding hydrogens is 270 g/mol. The largest absolute Gasteiger partial charge is 0.331 e.